The van der Waals surface area contributed by atoms with Crippen LogP contribution in [0.4, 0.5) is 0 Å². The minimum atomic E-state index is 0.386. The summed E-state index contributed by atoms with van der Waals surface area (Å²) in [4.78, 5) is 2.48. The van der Waals surface area contributed by atoms with Crippen LogP contribution in [0.15, 0.2) is 24.3 Å². The van der Waals surface area contributed by atoms with Crippen molar-refractivity contribution in [3.63, 3.8) is 0 Å². The third kappa shape index (κ3) is 5.06. The number of nitrogens with zero attached hydrogens (tertiary/aromatic N) is 1. The first-order chi connectivity index (χ1) is 9.79. The van der Waals surface area contributed by atoms with E-state index in [0.29, 0.717) is 6.04 Å². The van der Waals surface area contributed by atoms with Crippen molar-refractivity contribution < 1.29 is 4.74 Å². The maximum atomic E-state index is 6.12. The van der Waals surface area contributed by atoms with E-state index >= 15 is 0 Å². The topological polar surface area (TPSA) is 24.5 Å². The molecule has 0 aliphatic carbocycles. The summed E-state index contributed by atoms with van der Waals surface area (Å²) >= 11 is 6.12. The molecule has 1 aliphatic rings. The maximum Gasteiger partial charge on any atom is 0.0594 e. The number of ether oxygens (including phenoxy) is 1. The van der Waals surface area contributed by atoms with Gasteiger partial charge in [-0.05, 0) is 37.1 Å². The first kappa shape index (κ1) is 15.8. The van der Waals surface area contributed by atoms with Crippen LogP contribution in [0, 0.1) is 0 Å². The van der Waals surface area contributed by atoms with Crippen LogP contribution in [0.2, 0.25) is 5.02 Å². The van der Waals surface area contributed by atoms with Crippen LogP contribution in [0.5, 0.6) is 0 Å². The van der Waals surface area contributed by atoms with Crippen LogP contribution >= 0.6 is 11.6 Å². The molecule has 1 unspecified atom stereocenters. The van der Waals surface area contributed by atoms with Gasteiger partial charge in [0.1, 0.15) is 0 Å². The van der Waals surface area contributed by atoms with Gasteiger partial charge in [0.05, 0.1) is 13.2 Å². The van der Waals surface area contributed by atoms with Gasteiger partial charge in [-0.1, -0.05) is 30.7 Å². The molecule has 1 aliphatic heterocycles. The van der Waals surface area contributed by atoms with E-state index in [2.05, 4.69) is 29.3 Å². The van der Waals surface area contributed by atoms with Crippen molar-refractivity contribution in [2.75, 3.05) is 39.4 Å². The highest BCUT2D eigenvalue weighted by atomic mass is 35.5. The summed E-state index contributed by atoms with van der Waals surface area (Å²) in [7, 11) is 0. The zero-order chi connectivity index (χ0) is 14.2. The van der Waals surface area contributed by atoms with Gasteiger partial charge in [-0.15, -0.1) is 0 Å². The van der Waals surface area contributed by atoms with Crippen molar-refractivity contribution in [3.05, 3.63) is 34.9 Å². The molecular formula is C16H25ClN2O. The van der Waals surface area contributed by atoms with Crippen molar-refractivity contribution in [2.24, 2.45) is 0 Å². The quantitative estimate of drug-likeness (QED) is 0.837. The molecule has 1 atom stereocenters. The molecule has 0 amide bonds. The molecular weight excluding hydrogens is 272 g/mol. The Morgan fingerprint density at radius 3 is 2.85 bits per heavy atom. The standard InChI is InChI=1S/C16H25ClN2O/c1-2-7-18-16(14-4-3-5-15(17)13-14)6-8-19-9-11-20-12-10-19/h3-5,13,16,18H,2,6-12H2,1H3. The van der Waals surface area contributed by atoms with E-state index in [-0.39, 0.29) is 0 Å². The van der Waals surface area contributed by atoms with Gasteiger partial charge in [0, 0.05) is 30.7 Å². The van der Waals surface area contributed by atoms with Crippen molar-refractivity contribution in [1.82, 2.24) is 10.2 Å². The Bertz CT molecular complexity index is 394. The van der Waals surface area contributed by atoms with Gasteiger partial charge in [-0.3, -0.25) is 4.90 Å². The van der Waals surface area contributed by atoms with E-state index in [0.717, 1.165) is 57.3 Å². The smallest absolute Gasteiger partial charge is 0.0594 e. The van der Waals surface area contributed by atoms with Gasteiger partial charge in [0.15, 0.2) is 0 Å². The number of rotatable bonds is 7. The second-order valence-electron chi connectivity index (χ2n) is 5.30. The summed E-state index contributed by atoms with van der Waals surface area (Å²) in [5, 5.41) is 4.45. The Morgan fingerprint density at radius 2 is 2.15 bits per heavy atom. The van der Waals surface area contributed by atoms with E-state index in [1.54, 1.807) is 0 Å². The second-order valence-corrected chi connectivity index (χ2v) is 5.74. The summed E-state index contributed by atoms with van der Waals surface area (Å²) in [6.45, 7) is 8.18. The molecule has 0 radical (unpaired) electrons. The van der Waals surface area contributed by atoms with Gasteiger partial charge in [0.2, 0.25) is 0 Å². The molecule has 0 bridgehead atoms. The molecule has 2 rings (SSSR count). The van der Waals surface area contributed by atoms with Gasteiger partial charge in [-0.25, -0.2) is 0 Å². The third-order valence-corrected chi connectivity index (χ3v) is 3.96. The zero-order valence-electron chi connectivity index (χ0n) is 12.3. The van der Waals surface area contributed by atoms with E-state index in [4.69, 9.17) is 16.3 Å². The highest BCUT2D eigenvalue weighted by Gasteiger charge is 2.15. The molecule has 0 aromatic heterocycles. The minimum absolute atomic E-state index is 0.386. The number of hydrogen-bond acceptors (Lipinski definition) is 3. The molecule has 1 N–H and O–H groups in total. The molecule has 0 spiro atoms. The van der Waals surface area contributed by atoms with Crippen LogP contribution in [-0.4, -0.2) is 44.3 Å². The predicted molar refractivity (Wildman–Crippen MR) is 84.4 cm³/mol. The lowest BCUT2D eigenvalue weighted by Gasteiger charge is -2.29. The molecule has 0 saturated carbocycles. The highest BCUT2D eigenvalue weighted by Crippen LogP contribution is 2.21. The molecule has 1 aromatic carbocycles. The monoisotopic (exact) mass is 296 g/mol. The molecule has 112 valence electrons. The normalized spacial score (nSPS) is 18.1. The van der Waals surface area contributed by atoms with Crippen LogP contribution in [0.1, 0.15) is 31.4 Å². The van der Waals surface area contributed by atoms with Crippen LogP contribution in [0.25, 0.3) is 0 Å². The third-order valence-electron chi connectivity index (χ3n) is 3.73. The summed E-state index contributed by atoms with van der Waals surface area (Å²) in [5.41, 5.74) is 1.29. The Balaban J connectivity index is 1.92. The highest BCUT2D eigenvalue weighted by molar-refractivity contribution is 6.30. The summed E-state index contributed by atoms with van der Waals surface area (Å²) in [5.74, 6) is 0. The zero-order valence-corrected chi connectivity index (χ0v) is 13.0. The molecule has 1 fully saturated rings. The average Bonchev–Trinajstić information content (AvgIpc) is 2.48. The van der Waals surface area contributed by atoms with Gasteiger partial charge in [-0.2, -0.15) is 0 Å². The van der Waals surface area contributed by atoms with Gasteiger partial charge >= 0.3 is 0 Å². The molecule has 3 nitrogen and oxygen atoms in total. The minimum Gasteiger partial charge on any atom is -0.379 e. The number of benzene rings is 1. The van der Waals surface area contributed by atoms with Crippen LogP contribution in [0.3, 0.4) is 0 Å². The van der Waals surface area contributed by atoms with Crippen molar-refractivity contribution in [2.45, 2.75) is 25.8 Å². The fourth-order valence-electron chi connectivity index (χ4n) is 2.56. The van der Waals surface area contributed by atoms with Crippen molar-refractivity contribution in [1.29, 1.82) is 0 Å². The molecule has 1 saturated heterocycles. The van der Waals surface area contributed by atoms with Gasteiger partial charge in [0.25, 0.3) is 0 Å². The predicted octanol–water partition coefficient (Wildman–Crippen LogP) is 3.10. The summed E-state index contributed by atoms with van der Waals surface area (Å²) < 4.78 is 5.40. The van der Waals surface area contributed by atoms with Crippen molar-refractivity contribution >= 4 is 11.6 Å². The molecule has 4 heteroatoms. The molecule has 20 heavy (non-hydrogen) atoms. The molecule has 1 aromatic rings. The summed E-state index contributed by atoms with van der Waals surface area (Å²) in [6, 6.07) is 8.60. The Kier molecular flexibility index (Phi) is 6.80. The van der Waals surface area contributed by atoms with E-state index in [1.165, 1.54) is 5.56 Å². The summed E-state index contributed by atoms with van der Waals surface area (Å²) in [6.07, 6.45) is 2.26. The fraction of sp³-hybridized carbons (Fsp3) is 0.625. The lowest BCUT2D eigenvalue weighted by atomic mass is 10.0. The van der Waals surface area contributed by atoms with E-state index in [9.17, 15) is 0 Å². The largest absolute Gasteiger partial charge is 0.379 e. The van der Waals surface area contributed by atoms with Crippen molar-refractivity contribution in [3.8, 4) is 0 Å². The Morgan fingerprint density at radius 1 is 1.35 bits per heavy atom. The molecule has 1 heterocycles. The maximum absolute atomic E-state index is 6.12. The van der Waals surface area contributed by atoms with Gasteiger partial charge < -0.3 is 10.1 Å². The fourth-order valence-corrected chi connectivity index (χ4v) is 2.76. The number of morpholine rings is 1. The number of nitrogens with one attached hydrogen (secondary N) is 1. The lowest BCUT2D eigenvalue weighted by Crippen LogP contribution is -2.38. The average molecular weight is 297 g/mol. The van der Waals surface area contributed by atoms with E-state index < -0.39 is 0 Å². The van der Waals surface area contributed by atoms with E-state index in [1.807, 2.05) is 12.1 Å². The van der Waals surface area contributed by atoms with Crippen LogP contribution < -0.4 is 5.32 Å². The van der Waals surface area contributed by atoms with Crippen LogP contribution in [-0.2, 0) is 4.74 Å². The Labute approximate surface area is 127 Å². The first-order valence-electron chi connectivity index (χ1n) is 7.58. The lowest BCUT2D eigenvalue weighted by molar-refractivity contribution is 0.0361. The SMILES string of the molecule is CCCNC(CCN1CCOCC1)c1cccc(Cl)c1. The second kappa shape index (κ2) is 8.63. The Hall–Kier alpha value is -0.610. The number of halogens is 1. The number of hydrogen-bond donors (Lipinski definition) is 1. The first-order valence-corrected chi connectivity index (χ1v) is 7.96.